The summed E-state index contributed by atoms with van der Waals surface area (Å²) in [5.41, 5.74) is 0.981. The van der Waals surface area contributed by atoms with Crippen molar-refractivity contribution in [3.05, 3.63) is 35.9 Å². The Morgan fingerprint density at radius 2 is 1.90 bits per heavy atom. The minimum atomic E-state index is -3.35. The topological polar surface area (TPSA) is 75.3 Å². The molecular formula is C14H22N2O3S. The van der Waals surface area contributed by atoms with Crippen LogP contribution in [0.15, 0.2) is 30.3 Å². The smallest absolute Gasteiger partial charge is 0.235 e. The molecule has 0 fully saturated rings. The van der Waals surface area contributed by atoms with Crippen LogP contribution in [0.25, 0.3) is 0 Å². The lowest BCUT2D eigenvalue weighted by molar-refractivity contribution is -0.120. The normalized spacial score (nSPS) is 12.9. The van der Waals surface area contributed by atoms with Gasteiger partial charge in [-0.3, -0.25) is 4.79 Å². The van der Waals surface area contributed by atoms with Gasteiger partial charge in [0.15, 0.2) is 0 Å². The summed E-state index contributed by atoms with van der Waals surface area (Å²) in [6.07, 6.45) is 1.40. The van der Waals surface area contributed by atoms with Crippen molar-refractivity contribution < 1.29 is 13.2 Å². The van der Waals surface area contributed by atoms with E-state index in [-0.39, 0.29) is 24.2 Å². The molecule has 1 atom stereocenters. The Kier molecular flexibility index (Phi) is 6.67. The minimum Gasteiger partial charge on any atom is -0.348 e. The van der Waals surface area contributed by atoms with E-state index in [9.17, 15) is 13.2 Å². The minimum absolute atomic E-state index is 0.0605. The monoisotopic (exact) mass is 298 g/mol. The molecule has 0 aliphatic carbocycles. The van der Waals surface area contributed by atoms with E-state index in [0.717, 1.165) is 12.0 Å². The van der Waals surface area contributed by atoms with Crippen molar-refractivity contribution in [2.75, 3.05) is 12.3 Å². The zero-order valence-corrected chi connectivity index (χ0v) is 12.7. The lowest BCUT2D eigenvalue weighted by Crippen LogP contribution is -2.38. The van der Waals surface area contributed by atoms with E-state index in [2.05, 4.69) is 10.0 Å². The van der Waals surface area contributed by atoms with Gasteiger partial charge in [-0.25, -0.2) is 13.1 Å². The van der Waals surface area contributed by atoms with Gasteiger partial charge in [-0.05, 0) is 18.9 Å². The first-order chi connectivity index (χ1) is 9.44. The fraction of sp³-hybridized carbons (Fsp3) is 0.500. The molecule has 0 bridgehead atoms. The van der Waals surface area contributed by atoms with E-state index >= 15 is 0 Å². The van der Waals surface area contributed by atoms with Crippen molar-refractivity contribution in [1.29, 1.82) is 0 Å². The van der Waals surface area contributed by atoms with Gasteiger partial charge < -0.3 is 5.32 Å². The van der Waals surface area contributed by atoms with Crippen LogP contribution in [0.2, 0.25) is 0 Å². The van der Waals surface area contributed by atoms with E-state index in [1.54, 1.807) is 0 Å². The molecule has 5 nitrogen and oxygen atoms in total. The zero-order valence-electron chi connectivity index (χ0n) is 11.9. The second-order valence-corrected chi connectivity index (χ2v) is 6.62. The largest absolute Gasteiger partial charge is 0.348 e. The third kappa shape index (κ3) is 6.16. The number of unbranched alkanes of at least 4 members (excludes halogenated alkanes) is 1. The van der Waals surface area contributed by atoms with Crippen molar-refractivity contribution in [2.45, 2.75) is 32.7 Å². The SMILES string of the molecule is CCCCS(=O)(=O)NCC(=O)NC(C)c1ccccc1. The Hall–Kier alpha value is -1.40. The molecule has 1 aromatic carbocycles. The maximum atomic E-state index is 11.7. The highest BCUT2D eigenvalue weighted by Crippen LogP contribution is 2.10. The average molecular weight is 298 g/mol. The molecular weight excluding hydrogens is 276 g/mol. The lowest BCUT2D eigenvalue weighted by Gasteiger charge is -2.14. The molecule has 0 aliphatic heterocycles. The second kappa shape index (κ2) is 8.01. The Bertz CT molecular complexity index is 514. The van der Waals surface area contributed by atoms with E-state index in [1.165, 1.54) is 0 Å². The quantitative estimate of drug-likeness (QED) is 0.765. The van der Waals surface area contributed by atoms with Crippen molar-refractivity contribution in [1.82, 2.24) is 10.0 Å². The van der Waals surface area contributed by atoms with Crippen molar-refractivity contribution in [2.24, 2.45) is 0 Å². The first-order valence-corrected chi connectivity index (χ1v) is 8.41. The number of benzene rings is 1. The summed E-state index contributed by atoms with van der Waals surface area (Å²) in [6.45, 7) is 3.56. The van der Waals surface area contributed by atoms with Crippen LogP contribution in [0.5, 0.6) is 0 Å². The summed E-state index contributed by atoms with van der Waals surface area (Å²) < 4.78 is 25.4. The predicted molar refractivity (Wildman–Crippen MR) is 79.7 cm³/mol. The number of nitrogens with one attached hydrogen (secondary N) is 2. The van der Waals surface area contributed by atoms with Gasteiger partial charge in [-0.2, -0.15) is 0 Å². The molecule has 2 N–H and O–H groups in total. The van der Waals surface area contributed by atoms with Gasteiger partial charge in [0.05, 0.1) is 18.3 Å². The fourth-order valence-corrected chi connectivity index (χ4v) is 2.86. The average Bonchev–Trinajstić information content (AvgIpc) is 2.44. The number of hydrogen-bond donors (Lipinski definition) is 2. The van der Waals surface area contributed by atoms with Gasteiger partial charge in [-0.1, -0.05) is 43.7 Å². The molecule has 1 amide bonds. The molecule has 112 valence electrons. The predicted octanol–water partition coefficient (Wildman–Crippen LogP) is 1.58. The number of amides is 1. The molecule has 0 aliphatic rings. The lowest BCUT2D eigenvalue weighted by atomic mass is 10.1. The number of hydrogen-bond acceptors (Lipinski definition) is 3. The molecule has 0 aromatic heterocycles. The second-order valence-electron chi connectivity index (χ2n) is 4.69. The van der Waals surface area contributed by atoms with Crippen molar-refractivity contribution in [3.63, 3.8) is 0 Å². The van der Waals surface area contributed by atoms with Crippen LogP contribution < -0.4 is 10.0 Å². The molecule has 1 unspecified atom stereocenters. The molecule has 0 heterocycles. The van der Waals surface area contributed by atoms with Crippen LogP contribution in [0.4, 0.5) is 0 Å². The van der Waals surface area contributed by atoms with Crippen molar-refractivity contribution >= 4 is 15.9 Å². The number of sulfonamides is 1. The van der Waals surface area contributed by atoms with Crippen LogP contribution in [0, 0.1) is 0 Å². The Balaban J connectivity index is 2.41. The number of carbonyl (C=O) groups is 1. The summed E-state index contributed by atoms with van der Waals surface area (Å²) in [5.74, 6) is -0.271. The van der Waals surface area contributed by atoms with Gasteiger partial charge in [0.25, 0.3) is 0 Å². The molecule has 1 aromatic rings. The third-order valence-electron chi connectivity index (χ3n) is 2.90. The van der Waals surface area contributed by atoms with Gasteiger partial charge in [0.1, 0.15) is 0 Å². The van der Waals surface area contributed by atoms with Crippen LogP contribution >= 0.6 is 0 Å². The standard InChI is InChI=1S/C14H22N2O3S/c1-3-4-10-20(18,19)15-11-14(17)16-12(2)13-8-6-5-7-9-13/h5-9,12,15H,3-4,10-11H2,1-2H3,(H,16,17). The first-order valence-electron chi connectivity index (χ1n) is 6.76. The first kappa shape index (κ1) is 16.7. The van der Waals surface area contributed by atoms with Crippen molar-refractivity contribution in [3.8, 4) is 0 Å². The van der Waals surface area contributed by atoms with Crippen LogP contribution in [-0.2, 0) is 14.8 Å². The summed E-state index contributed by atoms with van der Waals surface area (Å²) in [5, 5.41) is 2.76. The fourth-order valence-electron chi connectivity index (χ4n) is 1.70. The molecule has 0 saturated heterocycles. The summed E-state index contributed by atoms with van der Waals surface area (Å²) in [7, 11) is -3.35. The molecule has 0 spiro atoms. The van der Waals surface area contributed by atoms with E-state index < -0.39 is 10.0 Å². The van der Waals surface area contributed by atoms with Gasteiger partial charge in [-0.15, -0.1) is 0 Å². The van der Waals surface area contributed by atoms with Gasteiger partial charge in [0.2, 0.25) is 15.9 Å². The highest BCUT2D eigenvalue weighted by Gasteiger charge is 2.13. The number of carbonyl (C=O) groups excluding carboxylic acids is 1. The Morgan fingerprint density at radius 1 is 1.25 bits per heavy atom. The van der Waals surface area contributed by atoms with Crippen LogP contribution in [-0.4, -0.2) is 26.6 Å². The van der Waals surface area contributed by atoms with Crippen LogP contribution in [0.3, 0.4) is 0 Å². The van der Waals surface area contributed by atoms with Crippen LogP contribution in [0.1, 0.15) is 38.3 Å². The highest BCUT2D eigenvalue weighted by atomic mass is 32.2. The Morgan fingerprint density at radius 3 is 2.50 bits per heavy atom. The molecule has 0 saturated carbocycles. The summed E-state index contributed by atoms with van der Waals surface area (Å²) in [6, 6.07) is 9.37. The molecule has 20 heavy (non-hydrogen) atoms. The number of rotatable bonds is 8. The highest BCUT2D eigenvalue weighted by molar-refractivity contribution is 7.89. The maximum absolute atomic E-state index is 11.7. The summed E-state index contributed by atoms with van der Waals surface area (Å²) >= 11 is 0. The van der Waals surface area contributed by atoms with E-state index in [0.29, 0.717) is 6.42 Å². The zero-order chi connectivity index (χ0) is 15.0. The summed E-state index contributed by atoms with van der Waals surface area (Å²) in [4.78, 5) is 11.7. The molecule has 0 radical (unpaired) electrons. The third-order valence-corrected chi connectivity index (χ3v) is 4.31. The van der Waals surface area contributed by atoms with Gasteiger partial charge in [0, 0.05) is 0 Å². The van der Waals surface area contributed by atoms with E-state index in [1.807, 2.05) is 44.2 Å². The van der Waals surface area contributed by atoms with E-state index in [4.69, 9.17) is 0 Å². The Labute approximate surface area is 120 Å². The maximum Gasteiger partial charge on any atom is 0.235 e. The van der Waals surface area contributed by atoms with Gasteiger partial charge >= 0.3 is 0 Å². The molecule has 6 heteroatoms. The molecule has 1 rings (SSSR count).